The zero-order valence-electron chi connectivity index (χ0n) is 17.4. The van der Waals surface area contributed by atoms with Crippen LogP contribution >= 0.6 is 11.8 Å². The minimum absolute atomic E-state index is 0.188. The molecular weight excluding hydrogens is 430 g/mol. The van der Waals surface area contributed by atoms with E-state index in [1.165, 1.54) is 16.1 Å². The Kier molecular flexibility index (Phi) is 6.60. The Morgan fingerprint density at radius 2 is 1.84 bits per heavy atom. The summed E-state index contributed by atoms with van der Waals surface area (Å²) in [6.07, 6.45) is 2.83. The molecule has 1 amide bonds. The number of carbonyl (C=O) groups excluding carboxylic acids is 1. The van der Waals surface area contributed by atoms with Crippen LogP contribution in [0.15, 0.2) is 64.5 Å². The fourth-order valence-electron chi connectivity index (χ4n) is 3.60. The second kappa shape index (κ2) is 9.38. The Bertz CT molecular complexity index is 1210. The number of para-hydroxylation sites is 1. The minimum Gasteiger partial charge on any atom is -0.325 e. The number of rotatable bonds is 6. The SMILES string of the molecule is Cc1ccc(S(=O)(=O)N2CCCCC2)cc1NC(=O)CSc1ccc2ccccc2n1. The van der Waals surface area contributed by atoms with Crippen molar-refractivity contribution in [1.29, 1.82) is 0 Å². The molecule has 3 aromatic rings. The summed E-state index contributed by atoms with van der Waals surface area (Å²) in [7, 11) is -3.55. The van der Waals surface area contributed by atoms with Crippen LogP contribution < -0.4 is 5.32 Å². The maximum Gasteiger partial charge on any atom is 0.243 e. The van der Waals surface area contributed by atoms with Crippen LogP contribution in [-0.2, 0) is 14.8 Å². The Morgan fingerprint density at radius 1 is 1.06 bits per heavy atom. The van der Waals surface area contributed by atoms with E-state index in [2.05, 4.69) is 10.3 Å². The predicted molar refractivity (Wildman–Crippen MR) is 125 cm³/mol. The molecule has 1 aliphatic rings. The van der Waals surface area contributed by atoms with Gasteiger partial charge in [0.15, 0.2) is 0 Å². The van der Waals surface area contributed by atoms with Crippen LogP contribution in [0.2, 0.25) is 0 Å². The number of fused-ring (bicyclic) bond motifs is 1. The largest absolute Gasteiger partial charge is 0.325 e. The highest BCUT2D eigenvalue weighted by atomic mass is 32.2. The first-order valence-electron chi connectivity index (χ1n) is 10.3. The molecule has 0 radical (unpaired) electrons. The van der Waals surface area contributed by atoms with E-state index in [9.17, 15) is 13.2 Å². The zero-order chi connectivity index (χ0) is 21.8. The first kappa shape index (κ1) is 21.8. The van der Waals surface area contributed by atoms with Gasteiger partial charge in [-0.3, -0.25) is 4.79 Å². The third kappa shape index (κ3) is 5.08. The highest BCUT2D eigenvalue weighted by Gasteiger charge is 2.26. The summed E-state index contributed by atoms with van der Waals surface area (Å²) < 4.78 is 27.4. The molecule has 1 fully saturated rings. The van der Waals surface area contributed by atoms with Crippen molar-refractivity contribution in [3.05, 3.63) is 60.2 Å². The molecule has 4 rings (SSSR count). The van der Waals surface area contributed by atoms with E-state index in [1.54, 1.807) is 18.2 Å². The van der Waals surface area contributed by atoms with Crippen LogP contribution in [0, 0.1) is 6.92 Å². The number of benzene rings is 2. The van der Waals surface area contributed by atoms with Gasteiger partial charge in [-0.1, -0.05) is 48.5 Å². The molecule has 0 saturated carbocycles. The van der Waals surface area contributed by atoms with E-state index in [0.717, 1.165) is 40.8 Å². The van der Waals surface area contributed by atoms with Crippen LogP contribution in [0.3, 0.4) is 0 Å². The standard InChI is InChI=1S/C23H25N3O3S2/c1-17-9-11-19(31(28,29)26-13-5-2-6-14-26)15-21(17)24-22(27)16-30-23-12-10-18-7-3-4-8-20(18)25-23/h3-4,7-12,15H,2,5-6,13-14,16H2,1H3,(H,24,27). The van der Waals surface area contributed by atoms with Crippen molar-refractivity contribution in [3.63, 3.8) is 0 Å². The fraction of sp³-hybridized carbons (Fsp3) is 0.304. The number of hydrogen-bond acceptors (Lipinski definition) is 5. The quantitative estimate of drug-likeness (QED) is 0.556. The second-order valence-electron chi connectivity index (χ2n) is 7.62. The summed E-state index contributed by atoms with van der Waals surface area (Å²) in [6.45, 7) is 2.95. The van der Waals surface area contributed by atoms with Crippen LogP contribution in [0.4, 0.5) is 5.69 Å². The lowest BCUT2D eigenvalue weighted by atomic mass is 10.2. The number of nitrogens with one attached hydrogen (secondary N) is 1. The van der Waals surface area contributed by atoms with Crippen molar-refractivity contribution in [2.24, 2.45) is 0 Å². The van der Waals surface area contributed by atoms with Crippen molar-refractivity contribution >= 4 is 44.3 Å². The van der Waals surface area contributed by atoms with Gasteiger partial charge in [-0.05, 0) is 49.6 Å². The number of piperidine rings is 1. The normalized spacial score (nSPS) is 15.1. The molecule has 1 aromatic heterocycles. The van der Waals surface area contributed by atoms with E-state index in [4.69, 9.17) is 0 Å². The summed E-state index contributed by atoms with van der Waals surface area (Å²) >= 11 is 1.35. The number of hydrogen-bond donors (Lipinski definition) is 1. The number of anilines is 1. The smallest absolute Gasteiger partial charge is 0.243 e. The molecule has 1 aliphatic heterocycles. The molecule has 8 heteroatoms. The lowest BCUT2D eigenvalue weighted by molar-refractivity contribution is -0.113. The molecule has 0 bridgehead atoms. The van der Waals surface area contributed by atoms with Gasteiger partial charge in [0.1, 0.15) is 0 Å². The average Bonchev–Trinajstić information content (AvgIpc) is 2.79. The van der Waals surface area contributed by atoms with Crippen molar-refractivity contribution in [1.82, 2.24) is 9.29 Å². The highest BCUT2D eigenvalue weighted by Crippen LogP contribution is 2.26. The molecule has 0 atom stereocenters. The first-order valence-corrected chi connectivity index (χ1v) is 12.8. The van der Waals surface area contributed by atoms with Crippen LogP contribution in [0.5, 0.6) is 0 Å². The monoisotopic (exact) mass is 455 g/mol. The van der Waals surface area contributed by atoms with E-state index < -0.39 is 10.0 Å². The Morgan fingerprint density at radius 3 is 2.65 bits per heavy atom. The average molecular weight is 456 g/mol. The van der Waals surface area contributed by atoms with Crippen molar-refractivity contribution in [2.75, 3.05) is 24.2 Å². The minimum atomic E-state index is -3.55. The third-order valence-corrected chi connectivity index (χ3v) is 8.18. The second-order valence-corrected chi connectivity index (χ2v) is 10.6. The number of aromatic nitrogens is 1. The molecule has 162 valence electrons. The fourth-order valence-corrected chi connectivity index (χ4v) is 5.83. The van der Waals surface area contributed by atoms with Crippen LogP contribution in [0.1, 0.15) is 24.8 Å². The number of nitrogens with zero attached hydrogens (tertiary/aromatic N) is 2. The van der Waals surface area contributed by atoms with Gasteiger partial charge in [-0.2, -0.15) is 4.31 Å². The van der Waals surface area contributed by atoms with Crippen molar-refractivity contribution in [3.8, 4) is 0 Å². The van der Waals surface area contributed by atoms with Gasteiger partial charge in [-0.25, -0.2) is 13.4 Å². The Hall–Kier alpha value is -2.42. The maximum absolute atomic E-state index is 13.0. The topological polar surface area (TPSA) is 79.4 Å². The van der Waals surface area contributed by atoms with E-state index >= 15 is 0 Å². The summed E-state index contributed by atoms with van der Waals surface area (Å²) in [5.74, 6) is -0.0102. The molecule has 6 nitrogen and oxygen atoms in total. The summed E-state index contributed by atoms with van der Waals surface area (Å²) in [5.41, 5.74) is 2.23. The molecular formula is C23H25N3O3S2. The van der Waals surface area contributed by atoms with Gasteiger partial charge in [0.05, 0.1) is 21.2 Å². The van der Waals surface area contributed by atoms with E-state index in [0.29, 0.717) is 18.8 Å². The van der Waals surface area contributed by atoms with Gasteiger partial charge < -0.3 is 5.32 Å². The number of carbonyl (C=O) groups is 1. The summed E-state index contributed by atoms with van der Waals surface area (Å²) in [4.78, 5) is 17.3. The van der Waals surface area contributed by atoms with Crippen LogP contribution in [-0.4, -0.2) is 42.5 Å². The van der Waals surface area contributed by atoms with Crippen LogP contribution in [0.25, 0.3) is 10.9 Å². The number of amides is 1. The highest BCUT2D eigenvalue weighted by molar-refractivity contribution is 7.99. The maximum atomic E-state index is 13.0. The van der Waals surface area contributed by atoms with Crippen molar-refractivity contribution < 1.29 is 13.2 Å². The zero-order valence-corrected chi connectivity index (χ0v) is 19.0. The van der Waals surface area contributed by atoms with E-state index in [-0.39, 0.29) is 16.6 Å². The molecule has 1 saturated heterocycles. The number of thioether (sulfide) groups is 1. The summed E-state index contributed by atoms with van der Waals surface area (Å²) in [5, 5.41) is 4.69. The van der Waals surface area contributed by atoms with E-state index in [1.807, 2.05) is 43.3 Å². The van der Waals surface area contributed by atoms with Crippen molar-refractivity contribution in [2.45, 2.75) is 36.1 Å². The third-order valence-electron chi connectivity index (χ3n) is 5.36. The Labute approximate surface area is 187 Å². The summed E-state index contributed by atoms with van der Waals surface area (Å²) in [6, 6.07) is 16.6. The molecule has 0 spiro atoms. The lowest BCUT2D eigenvalue weighted by Gasteiger charge is -2.26. The first-order chi connectivity index (χ1) is 14.9. The number of pyridine rings is 1. The Balaban J connectivity index is 1.44. The molecule has 1 N–H and O–H groups in total. The van der Waals surface area contributed by atoms with Gasteiger partial charge in [0, 0.05) is 24.2 Å². The predicted octanol–water partition coefficient (Wildman–Crippen LogP) is 4.45. The van der Waals surface area contributed by atoms with Gasteiger partial charge in [0.25, 0.3) is 0 Å². The number of sulfonamides is 1. The molecule has 0 unspecified atom stereocenters. The molecule has 0 aliphatic carbocycles. The van der Waals surface area contributed by atoms with Gasteiger partial charge in [-0.15, -0.1) is 0 Å². The number of aryl methyl sites for hydroxylation is 1. The molecule has 2 heterocycles. The van der Waals surface area contributed by atoms with Gasteiger partial charge >= 0.3 is 0 Å². The van der Waals surface area contributed by atoms with Gasteiger partial charge in [0.2, 0.25) is 15.9 Å². The molecule has 31 heavy (non-hydrogen) atoms. The molecule has 2 aromatic carbocycles. The lowest BCUT2D eigenvalue weighted by Crippen LogP contribution is -2.35.